The number of anilines is 1. The van der Waals surface area contributed by atoms with E-state index in [0.717, 1.165) is 5.69 Å². The third-order valence-corrected chi connectivity index (χ3v) is 2.41. The first-order chi connectivity index (χ1) is 8.95. The van der Waals surface area contributed by atoms with Crippen LogP contribution in [0.25, 0.3) is 0 Å². The van der Waals surface area contributed by atoms with E-state index in [2.05, 4.69) is 4.99 Å². The molecule has 5 heteroatoms. The molecule has 0 aliphatic rings. The number of ether oxygens (including phenoxy) is 1. The van der Waals surface area contributed by atoms with Crippen LogP contribution in [0.3, 0.4) is 0 Å². The first-order valence-corrected chi connectivity index (χ1v) is 5.99. The molecule has 0 unspecified atom stereocenters. The van der Waals surface area contributed by atoms with Gasteiger partial charge in [0.2, 0.25) is 0 Å². The van der Waals surface area contributed by atoms with Crippen molar-refractivity contribution in [2.75, 3.05) is 25.6 Å². The monoisotopic (exact) mass is 262 g/mol. The Kier molecular flexibility index (Phi) is 5.23. The standard InChI is InChI=1S/C14H18N2O3/c1-5-19-14(18)13(10(2)17)15-11-6-8-12(9-7-11)16(3)4/h6-9H,5H2,1-4H3. The minimum atomic E-state index is -0.688. The summed E-state index contributed by atoms with van der Waals surface area (Å²) in [5, 5.41) is 0. The van der Waals surface area contributed by atoms with Crippen molar-refractivity contribution in [3.8, 4) is 0 Å². The molecule has 0 radical (unpaired) electrons. The lowest BCUT2D eigenvalue weighted by Crippen LogP contribution is -2.24. The summed E-state index contributed by atoms with van der Waals surface area (Å²) in [6.45, 7) is 3.19. The number of benzene rings is 1. The van der Waals surface area contributed by atoms with Gasteiger partial charge in [0.15, 0.2) is 11.5 Å². The zero-order chi connectivity index (χ0) is 14.4. The van der Waals surface area contributed by atoms with Crippen LogP contribution in [0.4, 0.5) is 11.4 Å². The fourth-order valence-corrected chi connectivity index (χ4v) is 1.42. The molecule has 0 spiro atoms. The number of aliphatic imine (C=N–C) groups is 1. The van der Waals surface area contributed by atoms with E-state index >= 15 is 0 Å². The number of rotatable bonds is 5. The number of carbonyl (C=O) groups is 2. The molecule has 0 aliphatic heterocycles. The average molecular weight is 262 g/mol. The van der Waals surface area contributed by atoms with Crippen LogP contribution in [0, 0.1) is 0 Å². The molecule has 0 aliphatic carbocycles. The third-order valence-electron chi connectivity index (χ3n) is 2.41. The second kappa shape index (κ2) is 6.68. The lowest BCUT2D eigenvalue weighted by molar-refractivity contribution is -0.135. The maximum absolute atomic E-state index is 11.6. The van der Waals surface area contributed by atoms with E-state index in [1.54, 1.807) is 19.1 Å². The Balaban J connectivity index is 3.02. The second-order valence-electron chi connectivity index (χ2n) is 4.15. The van der Waals surface area contributed by atoms with Crippen LogP contribution in [0.1, 0.15) is 13.8 Å². The number of carbonyl (C=O) groups excluding carboxylic acids is 2. The Morgan fingerprint density at radius 3 is 2.21 bits per heavy atom. The van der Waals surface area contributed by atoms with Crippen LogP contribution in [-0.4, -0.2) is 38.2 Å². The summed E-state index contributed by atoms with van der Waals surface area (Å²) in [4.78, 5) is 29.0. The van der Waals surface area contributed by atoms with Gasteiger partial charge in [-0.2, -0.15) is 0 Å². The van der Waals surface area contributed by atoms with Gasteiger partial charge in [-0.15, -0.1) is 0 Å². The van der Waals surface area contributed by atoms with Gasteiger partial charge in [0, 0.05) is 26.7 Å². The molecular weight excluding hydrogens is 244 g/mol. The van der Waals surface area contributed by atoms with E-state index in [1.807, 2.05) is 31.1 Å². The molecule has 5 nitrogen and oxygen atoms in total. The van der Waals surface area contributed by atoms with Crippen molar-refractivity contribution in [2.45, 2.75) is 13.8 Å². The highest BCUT2D eigenvalue weighted by molar-refractivity contribution is 6.64. The summed E-state index contributed by atoms with van der Waals surface area (Å²) in [7, 11) is 3.86. The first kappa shape index (κ1) is 14.9. The van der Waals surface area contributed by atoms with Gasteiger partial charge >= 0.3 is 5.97 Å². The molecule has 0 atom stereocenters. The number of esters is 1. The Morgan fingerprint density at radius 2 is 1.79 bits per heavy atom. The normalized spacial score (nSPS) is 11.1. The molecule has 0 saturated heterocycles. The summed E-state index contributed by atoms with van der Waals surface area (Å²) < 4.78 is 4.80. The fourth-order valence-electron chi connectivity index (χ4n) is 1.42. The zero-order valence-electron chi connectivity index (χ0n) is 11.6. The van der Waals surface area contributed by atoms with Crippen LogP contribution in [-0.2, 0) is 14.3 Å². The van der Waals surface area contributed by atoms with Crippen LogP contribution in [0.2, 0.25) is 0 Å². The van der Waals surface area contributed by atoms with Gasteiger partial charge in [0.05, 0.1) is 12.3 Å². The van der Waals surface area contributed by atoms with Crippen LogP contribution in [0.15, 0.2) is 29.3 Å². The number of hydrogen-bond donors (Lipinski definition) is 0. The number of Topliss-reactive ketones (excluding diaryl/α,β-unsaturated/α-hetero) is 1. The quantitative estimate of drug-likeness (QED) is 0.462. The van der Waals surface area contributed by atoms with E-state index in [1.165, 1.54) is 6.92 Å². The third kappa shape index (κ3) is 4.21. The van der Waals surface area contributed by atoms with E-state index in [0.29, 0.717) is 5.69 Å². The molecule has 1 aromatic carbocycles. The van der Waals surface area contributed by atoms with Crippen LogP contribution >= 0.6 is 0 Å². The molecule has 0 N–H and O–H groups in total. The van der Waals surface area contributed by atoms with Crippen molar-refractivity contribution >= 4 is 28.8 Å². The van der Waals surface area contributed by atoms with E-state index < -0.39 is 11.8 Å². The SMILES string of the molecule is CCOC(=O)C(=Nc1ccc(N(C)C)cc1)C(C)=O. The Bertz CT molecular complexity index is 490. The van der Waals surface area contributed by atoms with Crippen molar-refractivity contribution < 1.29 is 14.3 Å². The maximum Gasteiger partial charge on any atom is 0.360 e. The molecule has 0 bridgehead atoms. The molecule has 0 amide bonds. The van der Waals surface area contributed by atoms with E-state index in [9.17, 15) is 9.59 Å². The highest BCUT2D eigenvalue weighted by Gasteiger charge is 2.17. The summed E-state index contributed by atoms with van der Waals surface area (Å²) in [5.41, 5.74) is 1.38. The van der Waals surface area contributed by atoms with Gasteiger partial charge in [0.1, 0.15) is 0 Å². The second-order valence-corrected chi connectivity index (χ2v) is 4.15. The van der Waals surface area contributed by atoms with Crippen molar-refractivity contribution in [3.05, 3.63) is 24.3 Å². The molecule has 1 aromatic rings. The lowest BCUT2D eigenvalue weighted by atomic mass is 10.2. The highest BCUT2D eigenvalue weighted by atomic mass is 16.5. The van der Waals surface area contributed by atoms with Gasteiger partial charge in [-0.25, -0.2) is 9.79 Å². The van der Waals surface area contributed by atoms with Gasteiger partial charge in [-0.1, -0.05) is 0 Å². The first-order valence-electron chi connectivity index (χ1n) is 5.99. The van der Waals surface area contributed by atoms with Gasteiger partial charge in [-0.3, -0.25) is 4.79 Å². The molecule has 0 aromatic heterocycles. The van der Waals surface area contributed by atoms with E-state index in [-0.39, 0.29) is 12.3 Å². The predicted octanol–water partition coefficient (Wildman–Crippen LogP) is 1.98. The zero-order valence-corrected chi connectivity index (χ0v) is 11.6. The average Bonchev–Trinajstić information content (AvgIpc) is 2.36. The van der Waals surface area contributed by atoms with Gasteiger partial charge < -0.3 is 9.64 Å². The van der Waals surface area contributed by atoms with Crippen LogP contribution in [0.5, 0.6) is 0 Å². The topological polar surface area (TPSA) is 59.0 Å². The Labute approximate surface area is 112 Å². The van der Waals surface area contributed by atoms with Gasteiger partial charge in [-0.05, 0) is 31.2 Å². The van der Waals surface area contributed by atoms with E-state index in [4.69, 9.17) is 4.74 Å². The summed E-state index contributed by atoms with van der Waals surface area (Å²) in [5.74, 6) is -1.10. The number of nitrogens with zero attached hydrogens (tertiary/aromatic N) is 2. The molecule has 0 fully saturated rings. The molecule has 0 heterocycles. The minimum Gasteiger partial charge on any atom is -0.461 e. The Morgan fingerprint density at radius 1 is 1.21 bits per heavy atom. The summed E-state index contributed by atoms with van der Waals surface area (Å²) in [6, 6.07) is 7.22. The fraction of sp³-hybridized carbons (Fsp3) is 0.357. The maximum atomic E-state index is 11.6. The van der Waals surface area contributed by atoms with Crippen molar-refractivity contribution in [3.63, 3.8) is 0 Å². The molecule has 1 rings (SSSR count). The summed E-state index contributed by atoms with van der Waals surface area (Å²) in [6.07, 6.45) is 0. The van der Waals surface area contributed by atoms with Crippen molar-refractivity contribution in [2.24, 2.45) is 4.99 Å². The van der Waals surface area contributed by atoms with Crippen molar-refractivity contribution in [1.82, 2.24) is 0 Å². The predicted molar refractivity (Wildman–Crippen MR) is 75.2 cm³/mol. The number of ketones is 1. The minimum absolute atomic E-state index is 0.181. The smallest absolute Gasteiger partial charge is 0.360 e. The number of hydrogen-bond acceptors (Lipinski definition) is 5. The largest absolute Gasteiger partial charge is 0.461 e. The van der Waals surface area contributed by atoms with Crippen molar-refractivity contribution in [1.29, 1.82) is 0 Å². The van der Waals surface area contributed by atoms with Crippen LogP contribution < -0.4 is 4.90 Å². The molecular formula is C14H18N2O3. The Hall–Kier alpha value is -2.17. The highest BCUT2D eigenvalue weighted by Crippen LogP contribution is 2.18. The summed E-state index contributed by atoms with van der Waals surface area (Å²) >= 11 is 0. The molecule has 0 saturated carbocycles. The molecule has 19 heavy (non-hydrogen) atoms. The molecule has 102 valence electrons. The lowest BCUT2D eigenvalue weighted by Gasteiger charge is -2.11. The van der Waals surface area contributed by atoms with Gasteiger partial charge in [0.25, 0.3) is 0 Å².